The Kier molecular flexibility index (Phi) is 4.42. The van der Waals surface area contributed by atoms with Crippen LogP contribution in [0.15, 0.2) is 34.4 Å². The zero-order valence-corrected chi connectivity index (χ0v) is 12.3. The quantitative estimate of drug-likeness (QED) is 0.637. The summed E-state index contributed by atoms with van der Waals surface area (Å²) in [6, 6.07) is 2.59. The van der Waals surface area contributed by atoms with E-state index in [1.54, 1.807) is 6.92 Å². The molecule has 21 heavy (non-hydrogen) atoms. The van der Waals surface area contributed by atoms with Crippen LogP contribution in [0.3, 0.4) is 0 Å². The third-order valence-electron chi connectivity index (χ3n) is 3.59. The highest BCUT2D eigenvalue weighted by atomic mass is 35.5. The SMILES string of the molecule is C[C@H](C1=NC=C(Cl)[C@@H](C)C1)c1cc(F)cc(C(F)(F)F)c1. The van der Waals surface area contributed by atoms with E-state index in [1.807, 2.05) is 6.92 Å². The summed E-state index contributed by atoms with van der Waals surface area (Å²) in [4.78, 5) is 4.18. The van der Waals surface area contributed by atoms with E-state index in [2.05, 4.69) is 4.99 Å². The van der Waals surface area contributed by atoms with E-state index in [0.29, 0.717) is 23.2 Å². The maximum Gasteiger partial charge on any atom is 0.416 e. The molecule has 0 spiro atoms. The largest absolute Gasteiger partial charge is 0.416 e. The van der Waals surface area contributed by atoms with Crippen LogP contribution in [0, 0.1) is 11.7 Å². The Morgan fingerprint density at radius 3 is 2.52 bits per heavy atom. The van der Waals surface area contributed by atoms with Gasteiger partial charge in [-0.05, 0) is 36.1 Å². The highest BCUT2D eigenvalue weighted by Crippen LogP contribution is 2.34. The smallest absolute Gasteiger partial charge is 0.264 e. The van der Waals surface area contributed by atoms with Gasteiger partial charge < -0.3 is 0 Å². The first-order chi connectivity index (χ1) is 9.68. The zero-order chi connectivity index (χ0) is 15.8. The van der Waals surface area contributed by atoms with Crippen LogP contribution in [-0.2, 0) is 6.18 Å². The van der Waals surface area contributed by atoms with Crippen molar-refractivity contribution in [2.24, 2.45) is 10.9 Å². The normalized spacial score (nSPS) is 20.8. The Bertz CT molecular complexity index is 604. The van der Waals surface area contributed by atoms with E-state index in [0.717, 1.165) is 12.1 Å². The minimum Gasteiger partial charge on any atom is -0.264 e. The van der Waals surface area contributed by atoms with Crippen LogP contribution in [0.5, 0.6) is 0 Å². The molecule has 2 atom stereocenters. The number of nitrogens with zero attached hydrogens (tertiary/aromatic N) is 1. The van der Waals surface area contributed by atoms with Crippen molar-refractivity contribution < 1.29 is 17.6 Å². The summed E-state index contributed by atoms with van der Waals surface area (Å²) in [6.07, 6.45) is -2.51. The third-order valence-corrected chi connectivity index (χ3v) is 4.06. The van der Waals surface area contributed by atoms with E-state index in [9.17, 15) is 17.6 Å². The van der Waals surface area contributed by atoms with Crippen molar-refractivity contribution in [3.8, 4) is 0 Å². The van der Waals surface area contributed by atoms with E-state index >= 15 is 0 Å². The van der Waals surface area contributed by atoms with Crippen LogP contribution in [0.1, 0.15) is 37.3 Å². The average molecular weight is 320 g/mol. The molecule has 0 unspecified atom stereocenters. The summed E-state index contributed by atoms with van der Waals surface area (Å²) in [6.45, 7) is 3.63. The first-order valence-corrected chi connectivity index (χ1v) is 6.86. The number of allylic oxidation sites excluding steroid dienone is 1. The summed E-state index contributed by atoms with van der Waals surface area (Å²) in [7, 11) is 0. The topological polar surface area (TPSA) is 12.4 Å². The molecular weight excluding hydrogens is 306 g/mol. The molecule has 0 amide bonds. The first-order valence-electron chi connectivity index (χ1n) is 6.48. The Labute approximate surface area is 125 Å². The Morgan fingerprint density at radius 1 is 1.29 bits per heavy atom. The van der Waals surface area contributed by atoms with Gasteiger partial charge in [0.2, 0.25) is 0 Å². The number of hydrogen-bond donors (Lipinski definition) is 0. The molecule has 0 N–H and O–H groups in total. The highest BCUT2D eigenvalue weighted by Gasteiger charge is 2.32. The lowest BCUT2D eigenvalue weighted by molar-refractivity contribution is -0.137. The van der Waals surface area contributed by atoms with Gasteiger partial charge >= 0.3 is 6.18 Å². The molecule has 1 aliphatic rings. The minimum absolute atomic E-state index is 0.0669. The van der Waals surface area contributed by atoms with Crippen LogP contribution in [-0.4, -0.2) is 5.71 Å². The predicted octanol–water partition coefficient (Wildman–Crippen LogP) is 5.51. The van der Waals surface area contributed by atoms with Gasteiger partial charge in [-0.15, -0.1) is 0 Å². The number of aliphatic imine (C=N–C) groups is 1. The van der Waals surface area contributed by atoms with Gasteiger partial charge in [0.1, 0.15) is 5.82 Å². The van der Waals surface area contributed by atoms with Gasteiger partial charge in [-0.1, -0.05) is 25.4 Å². The summed E-state index contributed by atoms with van der Waals surface area (Å²) >= 11 is 5.94. The van der Waals surface area contributed by atoms with E-state index in [1.165, 1.54) is 6.20 Å². The zero-order valence-electron chi connectivity index (χ0n) is 11.5. The molecule has 0 saturated carbocycles. The summed E-state index contributed by atoms with van der Waals surface area (Å²) in [5.41, 5.74) is -0.0206. The van der Waals surface area contributed by atoms with Gasteiger partial charge in [-0.3, -0.25) is 4.99 Å². The maximum absolute atomic E-state index is 13.5. The molecule has 114 valence electrons. The molecule has 0 radical (unpaired) electrons. The second-order valence-corrected chi connectivity index (χ2v) is 5.67. The maximum atomic E-state index is 13.5. The Balaban J connectivity index is 2.36. The third kappa shape index (κ3) is 3.64. The molecule has 0 saturated heterocycles. The lowest BCUT2D eigenvalue weighted by Gasteiger charge is -2.22. The van der Waals surface area contributed by atoms with Crippen LogP contribution in [0.2, 0.25) is 0 Å². The number of halogens is 5. The fourth-order valence-corrected chi connectivity index (χ4v) is 2.37. The standard InChI is InChI=1S/C15H14ClF4N/c1-8-3-14(21-7-13(8)16)9(2)10-4-11(15(18,19)20)6-12(17)5-10/h4-9H,3H2,1-2H3/t8-,9-/m0/s1. The molecule has 1 heterocycles. The van der Waals surface area contributed by atoms with Crippen molar-refractivity contribution in [2.75, 3.05) is 0 Å². The molecule has 0 aliphatic carbocycles. The molecule has 1 aromatic rings. The van der Waals surface area contributed by atoms with Crippen molar-refractivity contribution in [3.63, 3.8) is 0 Å². The van der Waals surface area contributed by atoms with Crippen molar-refractivity contribution in [1.29, 1.82) is 0 Å². The van der Waals surface area contributed by atoms with Gasteiger partial charge in [0.25, 0.3) is 0 Å². The highest BCUT2D eigenvalue weighted by molar-refractivity contribution is 6.30. The monoisotopic (exact) mass is 319 g/mol. The van der Waals surface area contributed by atoms with E-state index in [-0.39, 0.29) is 11.5 Å². The molecule has 0 aromatic heterocycles. The summed E-state index contributed by atoms with van der Waals surface area (Å²) in [5.74, 6) is -1.23. The predicted molar refractivity (Wildman–Crippen MR) is 75.0 cm³/mol. The molecule has 1 aromatic carbocycles. The Hall–Kier alpha value is -1.36. The fraction of sp³-hybridized carbons (Fsp3) is 0.400. The van der Waals surface area contributed by atoms with Crippen LogP contribution in [0.25, 0.3) is 0 Å². The molecule has 0 fully saturated rings. The summed E-state index contributed by atoms with van der Waals surface area (Å²) < 4.78 is 51.7. The van der Waals surface area contributed by atoms with Crippen molar-refractivity contribution >= 4 is 17.3 Å². The second-order valence-electron chi connectivity index (χ2n) is 5.23. The van der Waals surface area contributed by atoms with Gasteiger partial charge in [0, 0.05) is 22.9 Å². The molecular formula is C15H14ClF4N. The first kappa shape index (κ1) is 16.0. The van der Waals surface area contributed by atoms with E-state index in [4.69, 9.17) is 11.6 Å². The van der Waals surface area contributed by atoms with Crippen LogP contribution in [0.4, 0.5) is 17.6 Å². The minimum atomic E-state index is -4.57. The van der Waals surface area contributed by atoms with E-state index < -0.39 is 23.5 Å². The fourth-order valence-electron chi connectivity index (χ4n) is 2.24. The van der Waals surface area contributed by atoms with Crippen molar-refractivity contribution in [1.82, 2.24) is 0 Å². The van der Waals surface area contributed by atoms with Crippen molar-refractivity contribution in [2.45, 2.75) is 32.4 Å². The number of hydrogen-bond acceptors (Lipinski definition) is 1. The van der Waals surface area contributed by atoms with Gasteiger partial charge in [-0.25, -0.2) is 4.39 Å². The number of alkyl halides is 3. The molecule has 1 aliphatic heterocycles. The average Bonchev–Trinajstić information content (AvgIpc) is 2.39. The number of rotatable bonds is 2. The van der Waals surface area contributed by atoms with Gasteiger partial charge in [0.15, 0.2) is 0 Å². The van der Waals surface area contributed by atoms with Gasteiger partial charge in [-0.2, -0.15) is 13.2 Å². The molecule has 2 rings (SSSR count). The molecule has 0 bridgehead atoms. The Morgan fingerprint density at radius 2 is 1.95 bits per heavy atom. The van der Waals surface area contributed by atoms with Crippen LogP contribution < -0.4 is 0 Å². The molecule has 6 heteroatoms. The van der Waals surface area contributed by atoms with Crippen molar-refractivity contribution in [3.05, 3.63) is 46.4 Å². The van der Waals surface area contributed by atoms with Crippen LogP contribution >= 0.6 is 11.6 Å². The number of benzene rings is 1. The van der Waals surface area contributed by atoms with Gasteiger partial charge in [0.05, 0.1) is 5.56 Å². The summed E-state index contributed by atoms with van der Waals surface area (Å²) in [5, 5.41) is 0.612. The second kappa shape index (κ2) is 5.79. The molecule has 1 nitrogen and oxygen atoms in total. The lowest BCUT2D eigenvalue weighted by Crippen LogP contribution is -2.17. The lowest BCUT2D eigenvalue weighted by atomic mass is 9.88.